The Morgan fingerprint density at radius 1 is 1.15 bits per heavy atom. The molecule has 0 spiro atoms. The molecule has 0 radical (unpaired) electrons. The number of hydrogen-bond donors (Lipinski definition) is 2. The summed E-state index contributed by atoms with van der Waals surface area (Å²) in [6, 6.07) is 8.18. The highest BCUT2D eigenvalue weighted by Crippen LogP contribution is 2.28. The number of aryl methyl sites for hydroxylation is 3. The lowest BCUT2D eigenvalue weighted by atomic mass is 10.0. The van der Waals surface area contributed by atoms with E-state index in [4.69, 9.17) is 5.11 Å². The average molecular weight is 273 g/mol. The van der Waals surface area contributed by atoms with E-state index in [1.54, 1.807) is 6.07 Å². The van der Waals surface area contributed by atoms with Crippen LogP contribution >= 0.6 is 0 Å². The van der Waals surface area contributed by atoms with Gasteiger partial charge in [0.2, 0.25) is 0 Å². The number of anilines is 2. The maximum atomic E-state index is 13.6. The summed E-state index contributed by atoms with van der Waals surface area (Å²) < 4.78 is 13.6. The van der Waals surface area contributed by atoms with Gasteiger partial charge in [-0.2, -0.15) is 0 Å². The molecule has 0 fully saturated rings. The minimum Gasteiger partial charge on any atom is -0.478 e. The van der Waals surface area contributed by atoms with Gasteiger partial charge in [-0.3, -0.25) is 0 Å². The van der Waals surface area contributed by atoms with E-state index in [-0.39, 0.29) is 11.3 Å². The lowest BCUT2D eigenvalue weighted by Crippen LogP contribution is -2.07. The van der Waals surface area contributed by atoms with E-state index in [2.05, 4.69) is 5.32 Å². The SMILES string of the molecule is Cc1cc(C)c(Nc2cccc(F)c2C(=O)O)c(C)c1. The zero-order valence-corrected chi connectivity index (χ0v) is 11.6. The summed E-state index contributed by atoms with van der Waals surface area (Å²) in [5.41, 5.74) is 3.83. The monoisotopic (exact) mass is 273 g/mol. The van der Waals surface area contributed by atoms with E-state index in [0.717, 1.165) is 28.4 Å². The molecule has 2 N–H and O–H groups in total. The molecular formula is C16H16FNO2. The lowest BCUT2D eigenvalue weighted by Gasteiger charge is -2.15. The largest absolute Gasteiger partial charge is 0.478 e. The zero-order chi connectivity index (χ0) is 14.9. The van der Waals surface area contributed by atoms with Crippen LogP contribution in [-0.2, 0) is 0 Å². The molecule has 2 aromatic carbocycles. The zero-order valence-electron chi connectivity index (χ0n) is 11.6. The number of benzene rings is 2. The highest BCUT2D eigenvalue weighted by molar-refractivity contribution is 5.95. The molecule has 0 unspecified atom stereocenters. The van der Waals surface area contributed by atoms with Crippen LogP contribution in [0, 0.1) is 26.6 Å². The van der Waals surface area contributed by atoms with Crippen molar-refractivity contribution in [1.82, 2.24) is 0 Å². The summed E-state index contributed by atoms with van der Waals surface area (Å²) in [7, 11) is 0. The molecule has 3 nitrogen and oxygen atoms in total. The summed E-state index contributed by atoms with van der Waals surface area (Å²) in [5.74, 6) is -2.03. The molecule has 0 bridgehead atoms. The second kappa shape index (κ2) is 5.33. The molecule has 104 valence electrons. The van der Waals surface area contributed by atoms with Crippen LogP contribution in [0.25, 0.3) is 0 Å². The summed E-state index contributed by atoms with van der Waals surface area (Å²) >= 11 is 0. The molecule has 0 saturated heterocycles. The number of rotatable bonds is 3. The molecule has 0 aromatic heterocycles. The van der Waals surface area contributed by atoms with E-state index < -0.39 is 11.8 Å². The number of aromatic carboxylic acids is 1. The van der Waals surface area contributed by atoms with Crippen LogP contribution in [0.2, 0.25) is 0 Å². The quantitative estimate of drug-likeness (QED) is 0.881. The molecular weight excluding hydrogens is 257 g/mol. The van der Waals surface area contributed by atoms with Crippen molar-refractivity contribution in [3.63, 3.8) is 0 Å². The van der Waals surface area contributed by atoms with Gasteiger partial charge < -0.3 is 10.4 Å². The van der Waals surface area contributed by atoms with Crippen LogP contribution in [0.15, 0.2) is 30.3 Å². The van der Waals surface area contributed by atoms with Crippen molar-refractivity contribution in [1.29, 1.82) is 0 Å². The fraction of sp³-hybridized carbons (Fsp3) is 0.188. The molecule has 0 saturated carbocycles. The highest BCUT2D eigenvalue weighted by Gasteiger charge is 2.16. The maximum absolute atomic E-state index is 13.6. The minimum absolute atomic E-state index is 0.257. The summed E-state index contributed by atoms with van der Waals surface area (Å²) in [6.07, 6.45) is 0. The molecule has 0 atom stereocenters. The fourth-order valence-electron chi connectivity index (χ4n) is 2.36. The van der Waals surface area contributed by atoms with Crippen molar-refractivity contribution in [3.05, 3.63) is 58.4 Å². The topological polar surface area (TPSA) is 49.3 Å². The van der Waals surface area contributed by atoms with Crippen molar-refractivity contribution in [2.75, 3.05) is 5.32 Å². The van der Waals surface area contributed by atoms with E-state index >= 15 is 0 Å². The molecule has 4 heteroatoms. The Hall–Kier alpha value is -2.36. The summed E-state index contributed by atoms with van der Waals surface area (Å²) in [5, 5.41) is 12.2. The fourth-order valence-corrected chi connectivity index (χ4v) is 2.36. The van der Waals surface area contributed by atoms with Crippen LogP contribution in [0.5, 0.6) is 0 Å². The first-order chi connectivity index (χ1) is 9.40. The highest BCUT2D eigenvalue weighted by atomic mass is 19.1. The number of hydrogen-bond acceptors (Lipinski definition) is 2. The van der Waals surface area contributed by atoms with Gasteiger partial charge in [0.1, 0.15) is 11.4 Å². The van der Waals surface area contributed by atoms with E-state index in [1.165, 1.54) is 6.07 Å². The van der Waals surface area contributed by atoms with E-state index in [1.807, 2.05) is 32.9 Å². The van der Waals surface area contributed by atoms with Gasteiger partial charge in [-0.05, 0) is 44.0 Å². The lowest BCUT2D eigenvalue weighted by molar-refractivity contribution is 0.0693. The van der Waals surface area contributed by atoms with Crippen LogP contribution in [-0.4, -0.2) is 11.1 Å². The van der Waals surface area contributed by atoms with Crippen molar-refractivity contribution >= 4 is 17.3 Å². The van der Waals surface area contributed by atoms with Crippen LogP contribution < -0.4 is 5.32 Å². The number of carboxylic acids is 1. The van der Waals surface area contributed by atoms with Crippen molar-refractivity contribution in [3.8, 4) is 0 Å². The first-order valence-corrected chi connectivity index (χ1v) is 6.27. The van der Waals surface area contributed by atoms with Gasteiger partial charge >= 0.3 is 5.97 Å². The molecule has 20 heavy (non-hydrogen) atoms. The number of carbonyl (C=O) groups is 1. The molecule has 0 aliphatic rings. The predicted molar refractivity (Wildman–Crippen MR) is 77.3 cm³/mol. The van der Waals surface area contributed by atoms with Crippen LogP contribution in [0.3, 0.4) is 0 Å². The molecule has 0 heterocycles. The predicted octanol–water partition coefficient (Wildman–Crippen LogP) is 4.19. The average Bonchev–Trinajstić information content (AvgIpc) is 2.33. The Morgan fingerprint density at radius 2 is 1.75 bits per heavy atom. The normalized spacial score (nSPS) is 10.4. The number of halogens is 1. The molecule has 2 aromatic rings. The number of nitrogens with one attached hydrogen (secondary N) is 1. The second-order valence-electron chi connectivity index (χ2n) is 4.87. The van der Waals surface area contributed by atoms with Gasteiger partial charge in [-0.25, -0.2) is 9.18 Å². The van der Waals surface area contributed by atoms with Crippen molar-refractivity contribution < 1.29 is 14.3 Å². The van der Waals surface area contributed by atoms with Gasteiger partial charge in [0, 0.05) is 5.69 Å². The van der Waals surface area contributed by atoms with E-state index in [0.29, 0.717) is 0 Å². The second-order valence-corrected chi connectivity index (χ2v) is 4.87. The summed E-state index contributed by atoms with van der Waals surface area (Å²) in [6.45, 7) is 5.86. The first kappa shape index (κ1) is 14.1. The molecule has 0 aliphatic carbocycles. The Balaban J connectivity index is 2.51. The van der Waals surface area contributed by atoms with Crippen molar-refractivity contribution in [2.45, 2.75) is 20.8 Å². The van der Waals surface area contributed by atoms with Gasteiger partial charge in [0.15, 0.2) is 0 Å². The first-order valence-electron chi connectivity index (χ1n) is 6.27. The Kier molecular flexibility index (Phi) is 3.74. The molecule has 2 rings (SSSR count). The summed E-state index contributed by atoms with van der Waals surface area (Å²) in [4.78, 5) is 11.2. The Bertz CT molecular complexity index is 657. The molecule has 0 amide bonds. The minimum atomic E-state index is -1.28. The van der Waals surface area contributed by atoms with Gasteiger partial charge in [0.05, 0.1) is 5.69 Å². The standard InChI is InChI=1S/C16H16FNO2/c1-9-7-10(2)15(11(3)8-9)18-13-6-4-5-12(17)14(13)16(19)20/h4-8,18H,1-3H3,(H,19,20). The third-order valence-corrected chi connectivity index (χ3v) is 3.16. The Morgan fingerprint density at radius 3 is 2.30 bits per heavy atom. The molecule has 0 aliphatic heterocycles. The maximum Gasteiger partial charge on any atom is 0.340 e. The van der Waals surface area contributed by atoms with Gasteiger partial charge in [0.25, 0.3) is 0 Å². The van der Waals surface area contributed by atoms with Crippen molar-refractivity contribution in [2.24, 2.45) is 0 Å². The third kappa shape index (κ3) is 2.64. The van der Waals surface area contributed by atoms with Gasteiger partial charge in [-0.1, -0.05) is 23.8 Å². The third-order valence-electron chi connectivity index (χ3n) is 3.16. The van der Waals surface area contributed by atoms with Gasteiger partial charge in [-0.15, -0.1) is 0 Å². The van der Waals surface area contributed by atoms with Crippen LogP contribution in [0.4, 0.5) is 15.8 Å². The van der Waals surface area contributed by atoms with Crippen LogP contribution in [0.1, 0.15) is 27.0 Å². The number of carboxylic acid groups (broad SMARTS) is 1. The smallest absolute Gasteiger partial charge is 0.340 e. The van der Waals surface area contributed by atoms with E-state index in [9.17, 15) is 9.18 Å². The Labute approximate surface area is 117 Å².